The highest BCUT2D eigenvalue weighted by molar-refractivity contribution is 5.76. The van der Waals surface area contributed by atoms with E-state index in [9.17, 15) is 9.90 Å². The fourth-order valence-corrected chi connectivity index (χ4v) is 1.54. The predicted octanol–water partition coefficient (Wildman–Crippen LogP) is -0.258. The number of hydrogen-bond acceptors (Lipinski definition) is 3. The third kappa shape index (κ3) is 3.32. The molecule has 0 aromatic heterocycles. The minimum Gasteiger partial charge on any atom is -0.394 e. The Balaban J connectivity index is 2.40. The van der Waals surface area contributed by atoms with E-state index in [2.05, 4.69) is 0 Å². The Morgan fingerprint density at radius 1 is 1.38 bits per heavy atom. The molecule has 0 radical (unpaired) electrons. The highest BCUT2D eigenvalue weighted by Gasteiger charge is 2.18. The van der Waals surface area contributed by atoms with Gasteiger partial charge in [-0.25, -0.2) is 0 Å². The maximum Gasteiger partial charge on any atom is 0.222 e. The molecular formula is C9H17NO3. The summed E-state index contributed by atoms with van der Waals surface area (Å²) >= 11 is 0. The van der Waals surface area contributed by atoms with Gasteiger partial charge in [-0.2, -0.15) is 0 Å². The van der Waals surface area contributed by atoms with E-state index in [1.54, 1.807) is 4.90 Å². The van der Waals surface area contributed by atoms with E-state index in [1.165, 1.54) is 0 Å². The summed E-state index contributed by atoms with van der Waals surface area (Å²) in [5.74, 6) is 0.102. The number of nitrogens with zero attached hydrogens (tertiary/aromatic N) is 1. The van der Waals surface area contributed by atoms with Gasteiger partial charge < -0.3 is 15.1 Å². The van der Waals surface area contributed by atoms with E-state index >= 15 is 0 Å². The number of likely N-dealkylation sites (tertiary alicyclic amines) is 1. The van der Waals surface area contributed by atoms with Gasteiger partial charge in [0, 0.05) is 19.5 Å². The van der Waals surface area contributed by atoms with Crippen molar-refractivity contribution in [2.24, 2.45) is 0 Å². The molecule has 0 aliphatic carbocycles. The third-order valence-electron chi connectivity index (χ3n) is 2.31. The summed E-state index contributed by atoms with van der Waals surface area (Å²) in [6, 6.07) is 0. The molecule has 1 heterocycles. The molecule has 13 heavy (non-hydrogen) atoms. The van der Waals surface area contributed by atoms with Crippen LogP contribution >= 0.6 is 0 Å². The van der Waals surface area contributed by atoms with E-state index in [4.69, 9.17) is 5.11 Å². The molecule has 0 saturated carbocycles. The SMILES string of the molecule is O=C1CCCCCN1CC(O)CO. The number of β-amino-alcohol motifs (C(OH)–C–C–N with tert-alkyl or cyclic N) is 1. The van der Waals surface area contributed by atoms with Crippen LogP contribution in [0.4, 0.5) is 0 Å². The van der Waals surface area contributed by atoms with Crippen LogP contribution in [0.5, 0.6) is 0 Å². The Labute approximate surface area is 78.2 Å². The van der Waals surface area contributed by atoms with Crippen LogP contribution in [0.15, 0.2) is 0 Å². The van der Waals surface area contributed by atoms with Gasteiger partial charge in [-0.05, 0) is 12.8 Å². The molecule has 0 aromatic rings. The Hall–Kier alpha value is -0.610. The number of aliphatic hydroxyl groups is 2. The van der Waals surface area contributed by atoms with Crippen LogP contribution in [-0.4, -0.2) is 46.8 Å². The van der Waals surface area contributed by atoms with Gasteiger partial charge >= 0.3 is 0 Å². The normalized spacial score (nSPS) is 21.4. The molecule has 1 saturated heterocycles. The van der Waals surface area contributed by atoms with Gasteiger partial charge in [0.2, 0.25) is 5.91 Å². The van der Waals surface area contributed by atoms with Crippen molar-refractivity contribution in [3.63, 3.8) is 0 Å². The second-order valence-electron chi connectivity index (χ2n) is 3.49. The first kappa shape index (κ1) is 10.5. The fraction of sp³-hybridized carbons (Fsp3) is 0.889. The van der Waals surface area contributed by atoms with Crippen molar-refractivity contribution < 1.29 is 15.0 Å². The topological polar surface area (TPSA) is 60.8 Å². The van der Waals surface area contributed by atoms with Crippen molar-refractivity contribution in [2.75, 3.05) is 19.7 Å². The first-order valence-electron chi connectivity index (χ1n) is 4.80. The van der Waals surface area contributed by atoms with Gasteiger partial charge in [0.15, 0.2) is 0 Å². The van der Waals surface area contributed by atoms with Gasteiger partial charge in [0.05, 0.1) is 12.7 Å². The minimum atomic E-state index is -0.790. The summed E-state index contributed by atoms with van der Waals surface area (Å²) in [5.41, 5.74) is 0. The number of aliphatic hydroxyl groups excluding tert-OH is 2. The van der Waals surface area contributed by atoms with Crippen LogP contribution < -0.4 is 0 Å². The molecule has 1 aliphatic rings. The minimum absolute atomic E-state index is 0.102. The van der Waals surface area contributed by atoms with Crippen LogP contribution in [0.25, 0.3) is 0 Å². The molecule has 76 valence electrons. The smallest absolute Gasteiger partial charge is 0.222 e. The molecule has 1 fully saturated rings. The molecule has 1 unspecified atom stereocenters. The first-order valence-corrected chi connectivity index (χ1v) is 4.80. The Bertz CT molecular complexity index is 172. The molecule has 1 amide bonds. The average molecular weight is 187 g/mol. The second kappa shape index (κ2) is 5.19. The van der Waals surface area contributed by atoms with Crippen molar-refractivity contribution in [1.29, 1.82) is 0 Å². The molecule has 0 bridgehead atoms. The summed E-state index contributed by atoms with van der Waals surface area (Å²) in [5, 5.41) is 17.8. The van der Waals surface area contributed by atoms with Crippen LogP contribution in [0, 0.1) is 0 Å². The molecule has 1 atom stereocenters. The summed E-state index contributed by atoms with van der Waals surface area (Å²) in [7, 11) is 0. The molecule has 4 heteroatoms. The van der Waals surface area contributed by atoms with Crippen LogP contribution in [0.3, 0.4) is 0 Å². The number of carbonyl (C=O) groups is 1. The summed E-state index contributed by atoms with van der Waals surface area (Å²) in [6.45, 7) is 0.717. The number of amides is 1. The zero-order valence-corrected chi connectivity index (χ0v) is 7.78. The lowest BCUT2D eigenvalue weighted by Crippen LogP contribution is -2.38. The molecule has 0 aromatic carbocycles. The van der Waals surface area contributed by atoms with Gasteiger partial charge in [-0.1, -0.05) is 6.42 Å². The average Bonchev–Trinajstić information content (AvgIpc) is 2.32. The number of rotatable bonds is 3. The molecule has 2 N–H and O–H groups in total. The number of carbonyl (C=O) groups excluding carboxylic acids is 1. The van der Waals surface area contributed by atoms with Gasteiger partial charge in [-0.15, -0.1) is 0 Å². The second-order valence-corrected chi connectivity index (χ2v) is 3.49. The van der Waals surface area contributed by atoms with Crippen LogP contribution in [0.2, 0.25) is 0 Å². The van der Waals surface area contributed by atoms with Crippen molar-refractivity contribution in [2.45, 2.75) is 31.8 Å². The van der Waals surface area contributed by atoms with E-state index in [1.807, 2.05) is 0 Å². The van der Waals surface area contributed by atoms with E-state index in [0.29, 0.717) is 6.42 Å². The van der Waals surface area contributed by atoms with Crippen LogP contribution in [0.1, 0.15) is 25.7 Å². The van der Waals surface area contributed by atoms with Crippen molar-refractivity contribution in [3.8, 4) is 0 Å². The van der Waals surface area contributed by atoms with Crippen molar-refractivity contribution in [3.05, 3.63) is 0 Å². The zero-order chi connectivity index (χ0) is 9.68. The standard InChI is InChI=1S/C9H17NO3/c11-7-8(12)6-10-5-3-1-2-4-9(10)13/h8,11-12H,1-7H2. The third-order valence-corrected chi connectivity index (χ3v) is 2.31. The molecule has 1 aliphatic heterocycles. The maximum atomic E-state index is 11.4. The highest BCUT2D eigenvalue weighted by atomic mass is 16.3. The lowest BCUT2D eigenvalue weighted by atomic mass is 10.2. The Morgan fingerprint density at radius 2 is 2.15 bits per heavy atom. The van der Waals surface area contributed by atoms with Gasteiger partial charge in [0.25, 0.3) is 0 Å². The highest BCUT2D eigenvalue weighted by Crippen LogP contribution is 2.11. The number of hydrogen-bond donors (Lipinski definition) is 2. The van der Waals surface area contributed by atoms with Crippen LogP contribution in [-0.2, 0) is 4.79 Å². The Kier molecular flexibility index (Phi) is 4.18. The van der Waals surface area contributed by atoms with Crippen molar-refractivity contribution in [1.82, 2.24) is 4.90 Å². The lowest BCUT2D eigenvalue weighted by molar-refractivity contribution is -0.132. The Morgan fingerprint density at radius 3 is 2.85 bits per heavy atom. The van der Waals surface area contributed by atoms with Crippen molar-refractivity contribution >= 4 is 5.91 Å². The maximum absolute atomic E-state index is 11.4. The quantitative estimate of drug-likeness (QED) is 0.640. The van der Waals surface area contributed by atoms with Gasteiger partial charge in [0.1, 0.15) is 0 Å². The molecular weight excluding hydrogens is 170 g/mol. The summed E-state index contributed by atoms with van der Waals surface area (Å²) in [4.78, 5) is 13.0. The lowest BCUT2D eigenvalue weighted by Gasteiger charge is -2.22. The van der Waals surface area contributed by atoms with E-state index < -0.39 is 6.10 Å². The molecule has 4 nitrogen and oxygen atoms in total. The molecule has 1 rings (SSSR count). The van der Waals surface area contributed by atoms with E-state index in [0.717, 1.165) is 25.8 Å². The summed E-state index contributed by atoms with van der Waals surface area (Å²) < 4.78 is 0. The predicted molar refractivity (Wildman–Crippen MR) is 48.1 cm³/mol. The first-order chi connectivity index (χ1) is 6.24. The van der Waals surface area contributed by atoms with Gasteiger partial charge in [-0.3, -0.25) is 4.79 Å². The fourth-order valence-electron chi connectivity index (χ4n) is 1.54. The largest absolute Gasteiger partial charge is 0.394 e. The summed E-state index contributed by atoms with van der Waals surface area (Å²) in [6.07, 6.45) is 2.83. The monoisotopic (exact) mass is 187 g/mol. The van der Waals surface area contributed by atoms with E-state index in [-0.39, 0.29) is 19.1 Å². The molecule has 0 spiro atoms. The zero-order valence-electron chi connectivity index (χ0n) is 7.78.